The molecule has 0 spiro atoms. The Bertz CT molecular complexity index is 262. The SMILES string of the molecule is CCCC1(C(C)=O)CCC(C)=C(C)C1. The van der Waals surface area contributed by atoms with Gasteiger partial charge in [-0.3, -0.25) is 4.79 Å². The van der Waals surface area contributed by atoms with E-state index in [2.05, 4.69) is 20.8 Å². The number of carbonyl (C=O) groups is 1. The summed E-state index contributed by atoms with van der Waals surface area (Å²) in [6, 6.07) is 0. The summed E-state index contributed by atoms with van der Waals surface area (Å²) in [5.41, 5.74) is 2.93. The molecule has 1 atom stereocenters. The van der Waals surface area contributed by atoms with Gasteiger partial charge in [0.2, 0.25) is 0 Å². The molecule has 80 valence electrons. The highest BCUT2D eigenvalue weighted by Crippen LogP contribution is 2.43. The molecule has 0 radical (unpaired) electrons. The number of ketones is 1. The molecule has 1 rings (SSSR count). The number of hydrogen-bond donors (Lipinski definition) is 0. The number of allylic oxidation sites excluding steroid dienone is 2. The molecule has 0 N–H and O–H groups in total. The first-order chi connectivity index (χ1) is 6.52. The van der Waals surface area contributed by atoms with Gasteiger partial charge in [-0.1, -0.05) is 24.5 Å². The molecular formula is C13H22O. The van der Waals surface area contributed by atoms with Crippen molar-refractivity contribution in [2.24, 2.45) is 5.41 Å². The summed E-state index contributed by atoms with van der Waals surface area (Å²) in [4.78, 5) is 11.7. The van der Waals surface area contributed by atoms with Crippen LogP contribution in [-0.2, 0) is 4.79 Å². The fourth-order valence-electron chi connectivity index (χ4n) is 2.56. The van der Waals surface area contributed by atoms with Crippen LogP contribution in [0, 0.1) is 5.41 Å². The standard InChI is InChI=1S/C13H22O/c1-5-7-13(12(4)14)8-6-10(2)11(3)9-13/h5-9H2,1-4H3. The molecule has 0 saturated carbocycles. The van der Waals surface area contributed by atoms with Crippen LogP contribution in [0.3, 0.4) is 0 Å². The average Bonchev–Trinajstić information content (AvgIpc) is 2.12. The lowest BCUT2D eigenvalue weighted by atomic mass is 9.67. The molecule has 1 nitrogen and oxygen atoms in total. The molecule has 0 aromatic heterocycles. The third-order valence-electron chi connectivity index (χ3n) is 3.79. The maximum absolute atomic E-state index is 11.7. The van der Waals surface area contributed by atoms with Crippen molar-refractivity contribution < 1.29 is 4.79 Å². The van der Waals surface area contributed by atoms with Gasteiger partial charge in [0.1, 0.15) is 5.78 Å². The number of rotatable bonds is 3. The lowest BCUT2D eigenvalue weighted by Crippen LogP contribution is -2.32. The van der Waals surface area contributed by atoms with Crippen molar-refractivity contribution in [3.05, 3.63) is 11.1 Å². The number of Topliss-reactive ketones (excluding diaryl/α,β-unsaturated/α-hetero) is 1. The van der Waals surface area contributed by atoms with E-state index in [1.54, 1.807) is 6.92 Å². The van der Waals surface area contributed by atoms with E-state index in [1.165, 1.54) is 11.1 Å². The maximum Gasteiger partial charge on any atom is 0.136 e. The van der Waals surface area contributed by atoms with E-state index < -0.39 is 0 Å². The molecule has 0 aliphatic heterocycles. The van der Waals surface area contributed by atoms with Crippen molar-refractivity contribution in [2.75, 3.05) is 0 Å². The summed E-state index contributed by atoms with van der Waals surface area (Å²) >= 11 is 0. The van der Waals surface area contributed by atoms with Gasteiger partial charge in [-0.25, -0.2) is 0 Å². The predicted molar refractivity (Wildman–Crippen MR) is 60.2 cm³/mol. The van der Waals surface area contributed by atoms with Crippen LogP contribution in [0.4, 0.5) is 0 Å². The highest BCUT2D eigenvalue weighted by Gasteiger charge is 2.36. The highest BCUT2D eigenvalue weighted by molar-refractivity contribution is 5.83. The average molecular weight is 194 g/mol. The van der Waals surface area contributed by atoms with Crippen molar-refractivity contribution in [3.8, 4) is 0 Å². The molecule has 0 aromatic carbocycles. The summed E-state index contributed by atoms with van der Waals surface area (Å²) in [6.07, 6.45) is 5.37. The molecule has 1 aliphatic rings. The molecule has 1 aliphatic carbocycles. The van der Waals surface area contributed by atoms with E-state index in [9.17, 15) is 4.79 Å². The number of hydrogen-bond acceptors (Lipinski definition) is 1. The van der Waals surface area contributed by atoms with Crippen LogP contribution >= 0.6 is 0 Å². The van der Waals surface area contributed by atoms with Gasteiger partial charge in [0.25, 0.3) is 0 Å². The van der Waals surface area contributed by atoms with Crippen LogP contribution in [0.25, 0.3) is 0 Å². The second kappa shape index (κ2) is 4.29. The van der Waals surface area contributed by atoms with E-state index in [4.69, 9.17) is 0 Å². The minimum Gasteiger partial charge on any atom is -0.299 e. The Hall–Kier alpha value is -0.590. The van der Waals surface area contributed by atoms with Gasteiger partial charge in [0.15, 0.2) is 0 Å². The third kappa shape index (κ3) is 2.08. The fraction of sp³-hybridized carbons (Fsp3) is 0.769. The van der Waals surface area contributed by atoms with Crippen LogP contribution in [-0.4, -0.2) is 5.78 Å². The Morgan fingerprint density at radius 3 is 2.43 bits per heavy atom. The van der Waals surface area contributed by atoms with E-state index in [0.717, 1.165) is 32.1 Å². The molecule has 0 aromatic rings. The molecule has 14 heavy (non-hydrogen) atoms. The zero-order valence-corrected chi connectivity index (χ0v) is 9.94. The van der Waals surface area contributed by atoms with Crippen molar-refractivity contribution in [3.63, 3.8) is 0 Å². The zero-order chi connectivity index (χ0) is 10.8. The van der Waals surface area contributed by atoms with Gasteiger partial charge < -0.3 is 0 Å². The molecular weight excluding hydrogens is 172 g/mol. The van der Waals surface area contributed by atoms with Gasteiger partial charge in [-0.15, -0.1) is 0 Å². The van der Waals surface area contributed by atoms with Crippen LogP contribution in [0.1, 0.15) is 59.8 Å². The molecule has 1 unspecified atom stereocenters. The van der Waals surface area contributed by atoms with Crippen molar-refractivity contribution >= 4 is 5.78 Å². The lowest BCUT2D eigenvalue weighted by molar-refractivity contribution is -0.127. The maximum atomic E-state index is 11.7. The molecule has 0 fully saturated rings. The second-order valence-corrected chi connectivity index (χ2v) is 4.82. The van der Waals surface area contributed by atoms with Crippen molar-refractivity contribution in [1.29, 1.82) is 0 Å². The van der Waals surface area contributed by atoms with Crippen LogP contribution < -0.4 is 0 Å². The lowest BCUT2D eigenvalue weighted by Gasteiger charge is -2.36. The Balaban J connectivity index is 2.88. The molecule has 0 amide bonds. The van der Waals surface area contributed by atoms with Crippen LogP contribution in [0.2, 0.25) is 0 Å². The minimum absolute atomic E-state index is 0.0155. The number of carbonyl (C=O) groups excluding carboxylic acids is 1. The first-order valence-corrected chi connectivity index (χ1v) is 5.68. The Labute approximate surface area is 87.6 Å². The summed E-state index contributed by atoms with van der Waals surface area (Å²) in [6.45, 7) is 8.32. The quantitative estimate of drug-likeness (QED) is 0.623. The van der Waals surface area contributed by atoms with Gasteiger partial charge in [0.05, 0.1) is 0 Å². The largest absolute Gasteiger partial charge is 0.299 e. The first kappa shape index (κ1) is 11.5. The van der Waals surface area contributed by atoms with Gasteiger partial charge in [-0.2, -0.15) is 0 Å². The Morgan fingerprint density at radius 1 is 1.36 bits per heavy atom. The minimum atomic E-state index is -0.0155. The smallest absolute Gasteiger partial charge is 0.136 e. The summed E-state index contributed by atoms with van der Waals surface area (Å²) < 4.78 is 0. The van der Waals surface area contributed by atoms with E-state index in [0.29, 0.717) is 5.78 Å². The zero-order valence-electron chi connectivity index (χ0n) is 9.94. The second-order valence-electron chi connectivity index (χ2n) is 4.82. The molecule has 0 heterocycles. The first-order valence-electron chi connectivity index (χ1n) is 5.68. The Morgan fingerprint density at radius 2 is 2.00 bits per heavy atom. The molecule has 0 saturated heterocycles. The normalized spacial score (nSPS) is 28.0. The van der Waals surface area contributed by atoms with Crippen molar-refractivity contribution in [1.82, 2.24) is 0 Å². The fourth-order valence-corrected chi connectivity index (χ4v) is 2.56. The molecule has 0 bridgehead atoms. The monoisotopic (exact) mass is 194 g/mol. The summed E-state index contributed by atoms with van der Waals surface area (Å²) in [5, 5.41) is 0. The van der Waals surface area contributed by atoms with Crippen molar-refractivity contribution in [2.45, 2.75) is 59.8 Å². The summed E-state index contributed by atoms with van der Waals surface area (Å²) in [7, 11) is 0. The van der Waals surface area contributed by atoms with Crippen LogP contribution in [0.5, 0.6) is 0 Å². The van der Waals surface area contributed by atoms with E-state index in [1.807, 2.05) is 0 Å². The van der Waals surface area contributed by atoms with Gasteiger partial charge in [-0.05, 0) is 46.5 Å². The predicted octanol–water partition coefficient (Wildman–Crippen LogP) is 3.88. The Kier molecular flexibility index (Phi) is 3.52. The highest BCUT2D eigenvalue weighted by atomic mass is 16.1. The third-order valence-corrected chi connectivity index (χ3v) is 3.79. The van der Waals surface area contributed by atoms with E-state index >= 15 is 0 Å². The summed E-state index contributed by atoms with van der Waals surface area (Å²) in [5.74, 6) is 0.395. The van der Waals surface area contributed by atoms with E-state index in [-0.39, 0.29) is 5.41 Å². The van der Waals surface area contributed by atoms with Gasteiger partial charge in [0, 0.05) is 5.41 Å². The van der Waals surface area contributed by atoms with Gasteiger partial charge >= 0.3 is 0 Å². The van der Waals surface area contributed by atoms with Crippen LogP contribution in [0.15, 0.2) is 11.1 Å². The topological polar surface area (TPSA) is 17.1 Å². The molecule has 1 heteroatoms.